The standard InChI is InChI=1S/C13H17ClN4O2S/c1-2-15-13(21)18-17-11(19)7-8-16-12(20)9-5-3-4-6-10(9)14/h3-6H,2,7-8H2,1H3,(H,16,20)(H,17,19)(H2,15,18,21). The summed E-state index contributed by atoms with van der Waals surface area (Å²) in [5.41, 5.74) is 5.35. The van der Waals surface area contributed by atoms with Gasteiger partial charge in [-0.3, -0.25) is 20.4 Å². The van der Waals surface area contributed by atoms with Crippen LogP contribution in [0.5, 0.6) is 0 Å². The molecule has 0 aliphatic carbocycles. The van der Waals surface area contributed by atoms with Crippen molar-refractivity contribution in [2.24, 2.45) is 0 Å². The minimum Gasteiger partial charge on any atom is -0.362 e. The van der Waals surface area contributed by atoms with E-state index in [2.05, 4.69) is 21.5 Å². The molecule has 0 saturated heterocycles. The zero-order valence-corrected chi connectivity index (χ0v) is 13.1. The maximum absolute atomic E-state index is 11.8. The van der Waals surface area contributed by atoms with Crippen molar-refractivity contribution in [2.75, 3.05) is 13.1 Å². The van der Waals surface area contributed by atoms with E-state index < -0.39 is 0 Å². The molecule has 0 unspecified atom stereocenters. The van der Waals surface area contributed by atoms with Crippen LogP contribution in [0.3, 0.4) is 0 Å². The number of carbonyl (C=O) groups is 2. The molecule has 1 rings (SSSR count). The number of hydrogen-bond donors (Lipinski definition) is 4. The van der Waals surface area contributed by atoms with Gasteiger partial charge in [0.2, 0.25) is 5.91 Å². The van der Waals surface area contributed by atoms with Crippen LogP contribution in [-0.2, 0) is 4.79 Å². The minimum atomic E-state index is -0.315. The fourth-order valence-electron chi connectivity index (χ4n) is 1.42. The highest BCUT2D eigenvalue weighted by Gasteiger charge is 2.09. The molecule has 0 atom stereocenters. The van der Waals surface area contributed by atoms with Crippen LogP contribution in [-0.4, -0.2) is 30.0 Å². The third-order valence-corrected chi connectivity index (χ3v) is 2.98. The van der Waals surface area contributed by atoms with Crippen molar-refractivity contribution < 1.29 is 9.59 Å². The first-order valence-electron chi connectivity index (χ1n) is 6.40. The van der Waals surface area contributed by atoms with Gasteiger partial charge in [-0.25, -0.2) is 0 Å². The van der Waals surface area contributed by atoms with E-state index in [-0.39, 0.29) is 24.8 Å². The van der Waals surface area contributed by atoms with E-state index in [1.165, 1.54) is 0 Å². The summed E-state index contributed by atoms with van der Waals surface area (Å²) >= 11 is 10.8. The highest BCUT2D eigenvalue weighted by atomic mass is 35.5. The smallest absolute Gasteiger partial charge is 0.252 e. The van der Waals surface area contributed by atoms with Gasteiger partial charge in [-0.15, -0.1) is 0 Å². The molecule has 4 N–H and O–H groups in total. The highest BCUT2D eigenvalue weighted by molar-refractivity contribution is 7.80. The number of rotatable bonds is 5. The zero-order chi connectivity index (χ0) is 15.7. The van der Waals surface area contributed by atoms with Crippen LogP contribution < -0.4 is 21.5 Å². The van der Waals surface area contributed by atoms with Gasteiger partial charge in [0.15, 0.2) is 5.11 Å². The van der Waals surface area contributed by atoms with Crippen molar-refractivity contribution in [3.63, 3.8) is 0 Å². The summed E-state index contributed by atoms with van der Waals surface area (Å²) in [6, 6.07) is 6.72. The van der Waals surface area contributed by atoms with Gasteiger partial charge in [0, 0.05) is 19.5 Å². The summed E-state index contributed by atoms with van der Waals surface area (Å²) in [4.78, 5) is 23.3. The van der Waals surface area contributed by atoms with Crippen molar-refractivity contribution >= 4 is 40.7 Å². The first-order chi connectivity index (χ1) is 10.0. The van der Waals surface area contributed by atoms with Gasteiger partial charge in [0.25, 0.3) is 5.91 Å². The molecule has 0 heterocycles. The molecular weight excluding hydrogens is 312 g/mol. The number of nitrogens with one attached hydrogen (secondary N) is 4. The van der Waals surface area contributed by atoms with Crippen molar-refractivity contribution in [1.29, 1.82) is 0 Å². The molecule has 114 valence electrons. The molecule has 0 saturated carbocycles. The van der Waals surface area contributed by atoms with Crippen LogP contribution >= 0.6 is 23.8 Å². The molecular formula is C13H17ClN4O2S. The molecule has 8 heteroatoms. The number of hydrogen-bond acceptors (Lipinski definition) is 3. The number of hydrazine groups is 1. The average molecular weight is 329 g/mol. The van der Waals surface area contributed by atoms with Crippen LogP contribution in [0.1, 0.15) is 23.7 Å². The molecule has 1 aromatic rings. The average Bonchev–Trinajstić information content (AvgIpc) is 2.46. The summed E-state index contributed by atoms with van der Waals surface area (Å²) in [6.07, 6.45) is 0.123. The van der Waals surface area contributed by atoms with E-state index in [1.54, 1.807) is 24.3 Å². The van der Waals surface area contributed by atoms with Gasteiger partial charge >= 0.3 is 0 Å². The van der Waals surface area contributed by atoms with Crippen molar-refractivity contribution in [1.82, 2.24) is 21.5 Å². The lowest BCUT2D eigenvalue weighted by Crippen LogP contribution is -2.47. The fraction of sp³-hybridized carbons (Fsp3) is 0.308. The van der Waals surface area contributed by atoms with E-state index in [9.17, 15) is 9.59 Å². The number of halogens is 1. The Morgan fingerprint density at radius 2 is 1.90 bits per heavy atom. The molecule has 0 aliphatic heterocycles. The molecule has 1 aromatic carbocycles. The Morgan fingerprint density at radius 1 is 1.19 bits per heavy atom. The van der Waals surface area contributed by atoms with Crippen LogP contribution in [0.2, 0.25) is 5.02 Å². The summed E-state index contributed by atoms with van der Waals surface area (Å²) in [5, 5.41) is 6.16. The summed E-state index contributed by atoms with van der Waals surface area (Å²) in [6.45, 7) is 2.75. The molecule has 2 amide bonds. The van der Waals surface area contributed by atoms with E-state index >= 15 is 0 Å². The van der Waals surface area contributed by atoms with Gasteiger partial charge in [-0.05, 0) is 31.3 Å². The Labute approximate surface area is 133 Å². The maximum atomic E-state index is 11.8. The minimum absolute atomic E-state index is 0.123. The molecule has 0 spiro atoms. The summed E-state index contributed by atoms with van der Waals surface area (Å²) in [7, 11) is 0. The third kappa shape index (κ3) is 6.42. The van der Waals surface area contributed by atoms with Crippen LogP contribution in [0, 0.1) is 0 Å². The van der Waals surface area contributed by atoms with Gasteiger partial charge in [-0.1, -0.05) is 23.7 Å². The van der Waals surface area contributed by atoms with Crippen LogP contribution in [0.4, 0.5) is 0 Å². The largest absolute Gasteiger partial charge is 0.362 e. The zero-order valence-electron chi connectivity index (χ0n) is 11.5. The lowest BCUT2D eigenvalue weighted by Gasteiger charge is -2.10. The first kappa shape index (κ1) is 17.2. The van der Waals surface area contributed by atoms with Crippen LogP contribution in [0.25, 0.3) is 0 Å². The predicted molar refractivity (Wildman–Crippen MR) is 86.0 cm³/mol. The van der Waals surface area contributed by atoms with E-state index in [1.807, 2.05) is 6.92 Å². The van der Waals surface area contributed by atoms with Gasteiger partial charge in [0.05, 0.1) is 10.6 Å². The Morgan fingerprint density at radius 3 is 2.57 bits per heavy atom. The first-order valence-corrected chi connectivity index (χ1v) is 7.18. The van der Waals surface area contributed by atoms with E-state index in [4.69, 9.17) is 23.8 Å². The molecule has 6 nitrogen and oxygen atoms in total. The molecule has 21 heavy (non-hydrogen) atoms. The second kappa shape index (κ2) is 9.15. The molecule has 0 radical (unpaired) electrons. The Hall–Kier alpha value is -1.86. The van der Waals surface area contributed by atoms with Gasteiger partial charge < -0.3 is 10.6 Å². The third-order valence-electron chi connectivity index (χ3n) is 2.41. The number of amides is 2. The maximum Gasteiger partial charge on any atom is 0.252 e. The monoisotopic (exact) mass is 328 g/mol. The second-order valence-electron chi connectivity index (χ2n) is 4.02. The quantitative estimate of drug-likeness (QED) is 0.478. The number of thiocarbonyl (C=S) groups is 1. The Kier molecular flexibility index (Phi) is 7.49. The van der Waals surface area contributed by atoms with E-state index in [0.29, 0.717) is 22.2 Å². The van der Waals surface area contributed by atoms with Crippen molar-refractivity contribution in [3.05, 3.63) is 34.9 Å². The second-order valence-corrected chi connectivity index (χ2v) is 4.83. The van der Waals surface area contributed by atoms with Gasteiger partial charge in [0.1, 0.15) is 0 Å². The molecule has 0 bridgehead atoms. The molecule has 0 fully saturated rings. The predicted octanol–water partition coefficient (Wildman–Crippen LogP) is 0.975. The molecule has 0 aromatic heterocycles. The normalized spacial score (nSPS) is 9.62. The summed E-state index contributed by atoms with van der Waals surface area (Å²) in [5.74, 6) is -0.598. The number of benzene rings is 1. The fourth-order valence-corrected chi connectivity index (χ4v) is 1.84. The lowest BCUT2D eigenvalue weighted by atomic mass is 10.2. The Bertz CT molecular complexity index is 525. The van der Waals surface area contributed by atoms with Crippen molar-refractivity contribution in [2.45, 2.75) is 13.3 Å². The van der Waals surface area contributed by atoms with Crippen LogP contribution in [0.15, 0.2) is 24.3 Å². The highest BCUT2D eigenvalue weighted by Crippen LogP contribution is 2.14. The lowest BCUT2D eigenvalue weighted by molar-refractivity contribution is -0.121. The Balaban J connectivity index is 2.27. The number of carbonyl (C=O) groups excluding carboxylic acids is 2. The topological polar surface area (TPSA) is 82.3 Å². The van der Waals surface area contributed by atoms with Gasteiger partial charge in [-0.2, -0.15) is 0 Å². The molecule has 0 aliphatic rings. The van der Waals surface area contributed by atoms with E-state index in [0.717, 1.165) is 0 Å². The van der Waals surface area contributed by atoms with Crippen molar-refractivity contribution in [3.8, 4) is 0 Å². The SMILES string of the molecule is CCNC(=S)NNC(=O)CCNC(=O)c1ccccc1Cl. The summed E-state index contributed by atoms with van der Waals surface area (Å²) < 4.78 is 0.